The molecule has 0 bridgehead atoms. The lowest BCUT2D eigenvalue weighted by Crippen LogP contribution is -2.34. The van der Waals surface area contributed by atoms with Gasteiger partial charge in [0.1, 0.15) is 0 Å². The number of carboxylic acids is 1. The quantitative estimate of drug-likeness (QED) is 0.403. The number of aliphatic carboxylic acids is 1. The topological polar surface area (TPSA) is 89.8 Å². The molecule has 0 fully saturated rings. The van der Waals surface area contributed by atoms with E-state index >= 15 is 0 Å². The zero-order valence-corrected chi connectivity index (χ0v) is 7.03. The predicted molar refractivity (Wildman–Crippen MR) is 42.8 cm³/mol. The molecule has 2 atom stereocenters. The van der Waals surface area contributed by atoms with Crippen molar-refractivity contribution in [1.29, 1.82) is 0 Å². The Labute approximate surface area is 71.0 Å². The average Bonchev–Trinajstić information content (AvgIpc) is 2.03. The predicted octanol–water partition coefficient (Wildman–Crippen LogP) is -1.35. The first kappa shape index (κ1) is 11.4. The van der Waals surface area contributed by atoms with Gasteiger partial charge in [-0.15, -0.1) is 0 Å². The molecule has 0 spiro atoms. The van der Waals surface area contributed by atoms with E-state index in [-0.39, 0.29) is 13.2 Å². The fraction of sp³-hybridized carbons (Fsp3) is 0.857. The molecule has 0 amide bonds. The van der Waals surface area contributed by atoms with Crippen LogP contribution < -0.4 is 5.32 Å². The Morgan fingerprint density at radius 3 is 2.50 bits per heavy atom. The van der Waals surface area contributed by atoms with E-state index in [4.69, 9.17) is 15.3 Å². The van der Waals surface area contributed by atoms with Crippen molar-refractivity contribution >= 4 is 5.97 Å². The molecule has 0 aliphatic carbocycles. The van der Waals surface area contributed by atoms with Gasteiger partial charge in [0.15, 0.2) is 0 Å². The van der Waals surface area contributed by atoms with Gasteiger partial charge in [-0.1, -0.05) is 6.92 Å². The Bertz CT molecular complexity index is 139. The molecule has 4 N–H and O–H groups in total. The zero-order chi connectivity index (χ0) is 9.56. The summed E-state index contributed by atoms with van der Waals surface area (Å²) in [5, 5.41) is 28.4. The minimum atomic E-state index is -0.874. The molecule has 2 unspecified atom stereocenters. The van der Waals surface area contributed by atoms with Crippen LogP contribution in [0, 0.1) is 5.92 Å². The molecule has 0 saturated carbocycles. The van der Waals surface area contributed by atoms with E-state index in [0.29, 0.717) is 6.54 Å². The minimum absolute atomic E-state index is 0.216. The highest BCUT2D eigenvalue weighted by Crippen LogP contribution is 1.91. The van der Waals surface area contributed by atoms with Gasteiger partial charge in [-0.25, -0.2) is 0 Å². The van der Waals surface area contributed by atoms with Gasteiger partial charge in [0.25, 0.3) is 0 Å². The normalized spacial score (nSPS) is 15.6. The van der Waals surface area contributed by atoms with Gasteiger partial charge in [-0.3, -0.25) is 4.79 Å². The van der Waals surface area contributed by atoms with Crippen molar-refractivity contribution in [2.45, 2.75) is 13.0 Å². The van der Waals surface area contributed by atoms with Crippen LogP contribution in [0.2, 0.25) is 0 Å². The van der Waals surface area contributed by atoms with Gasteiger partial charge in [0, 0.05) is 13.1 Å². The fourth-order valence-corrected chi connectivity index (χ4v) is 0.618. The van der Waals surface area contributed by atoms with E-state index < -0.39 is 18.0 Å². The molecule has 0 rings (SSSR count). The second-order valence-electron chi connectivity index (χ2n) is 2.73. The highest BCUT2D eigenvalue weighted by Gasteiger charge is 2.10. The summed E-state index contributed by atoms with van der Waals surface area (Å²) in [5.74, 6) is -1.35. The number of hydrogen-bond donors (Lipinski definition) is 4. The Balaban J connectivity index is 3.37. The summed E-state index contributed by atoms with van der Waals surface area (Å²) in [6, 6.07) is 0. The lowest BCUT2D eigenvalue weighted by atomic mass is 10.2. The molecule has 5 heteroatoms. The highest BCUT2D eigenvalue weighted by atomic mass is 16.4. The van der Waals surface area contributed by atoms with Gasteiger partial charge >= 0.3 is 5.97 Å². The number of carboxylic acid groups (broad SMARTS) is 1. The second kappa shape index (κ2) is 5.93. The molecular formula is C7H15NO4. The Morgan fingerprint density at radius 2 is 2.08 bits per heavy atom. The third-order valence-electron chi connectivity index (χ3n) is 1.46. The molecule has 12 heavy (non-hydrogen) atoms. The second-order valence-corrected chi connectivity index (χ2v) is 2.73. The Morgan fingerprint density at radius 1 is 1.50 bits per heavy atom. The van der Waals surface area contributed by atoms with Crippen molar-refractivity contribution in [3.05, 3.63) is 0 Å². The van der Waals surface area contributed by atoms with Gasteiger partial charge < -0.3 is 20.6 Å². The van der Waals surface area contributed by atoms with E-state index in [2.05, 4.69) is 5.32 Å². The van der Waals surface area contributed by atoms with Crippen LogP contribution >= 0.6 is 0 Å². The smallest absolute Gasteiger partial charge is 0.307 e. The first-order valence-corrected chi connectivity index (χ1v) is 3.80. The number of rotatable bonds is 6. The summed E-state index contributed by atoms with van der Waals surface area (Å²) in [5.41, 5.74) is 0. The molecule has 0 aliphatic heterocycles. The van der Waals surface area contributed by atoms with Gasteiger partial charge in [0.2, 0.25) is 0 Å². The van der Waals surface area contributed by atoms with Crippen LogP contribution in [0.5, 0.6) is 0 Å². The maximum absolute atomic E-state index is 10.3. The summed E-state index contributed by atoms with van der Waals surface area (Å²) in [4.78, 5) is 10.3. The molecular weight excluding hydrogens is 162 g/mol. The number of aliphatic hydroxyl groups excluding tert-OH is 2. The Hall–Kier alpha value is -0.650. The molecule has 0 aromatic heterocycles. The maximum Gasteiger partial charge on any atom is 0.307 e. The lowest BCUT2D eigenvalue weighted by molar-refractivity contribution is -0.140. The van der Waals surface area contributed by atoms with Crippen molar-refractivity contribution in [2.75, 3.05) is 19.7 Å². The van der Waals surface area contributed by atoms with Crippen LogP contribution in [0.25, 0.3) is 0 Å². The summed E-state index contributed by atoms with van der Waals surface area (Å²) in [6.45, 7) is 1.77. The van der Waals surface area contributed by atoms with E-state index in [0.717, 1.165) is 0 Å². The fourth-order valence-electron chi connectivity index (χ4n) is 0.618. The molecule has 0 aromatic carbocycles. The van der Waals surface area contributed by atoms with E-state index in [1.54, 1.807) is 6.92 Å². The Kier molecular flexibility index (Phi) is 5.61. The van der Waals surface area contributed by atoms with Crippen LogP contribution in [0.15, 0.2) is 0 Å². The third kappa shape index (κ3) is 5.06. The van der Waals surface area contributed by atoms with Crippen LogP contribution in [-0.2, 0) is 4.79 Å². The third-order valence-corrected chi connectivity index (χ3v) is 1.46. The van der Waals surface area contributed by atoms with Gasteiger partial charge in [0.05, 0.1) is 18.6 Å². The number of carbonyl (C=O) groups is 1. The van der Waals surface area contributed by atoms with Crippen molar-refractivity contribution in [3.8, 4) is 0 Å². The monoisotopic (exact) mass is 177 g/mol. The van der Waals surface area contributed by atoms with Crippen LogP contribution in [0.3, 0.4) is 0 Å². The maximum atomic E-state index is 10.3. The van der Waals surface area contributed by atoms with Crippen molar-refractivity contribution in [2.24, 2.45) is 5.92 Å². The first-order chi connectivity index (χ1) is 5.57. The standard InChI is InChI=1S/C7H15NO4/c1-5(7(11)12)2-8-3-6(10)4-9/h5-6,8-10H,2-4H2,1H3,(H,11,12). The number of nitrogens with one attached hydrogen (secondary N) is 1. The van der Waals surface area contributed by atoms with Crippen molar-refractivity contribution in [1.82, 2.24) is 5.32 Å². The van der Waals surface area contributed by atoms with E-state index in [1.165, 1.54) is 0 Å². The van der Waals surface area contributed by atoms with E-state index in [9.17, 15) is 4.79 Å². The SMILES string of the molecule is CC(CNCC(O)CO)C(=O)O. The molecule has 0 radical (unpaired) electrons. The highest BCUT2D eigenvalue weighted by molar-refractivity contribution is 5.69. The molecule has 5 nitrogen and oxygen atoms in total. The molecule has 0 saturated heterocycles. The summed E-state index contributed by atoms with van der Waals surface area (Å²) in [6.07, 6.45) is -0.814. The van der Waals surface area contributed by atoms with E-state index in [1.807, 2.05) is 0 Å². The van der Waals surface area contributed by atoms with Crippen LogP contribution in [-0.4, -0.2) is 47.1 Å². The summed E-state index contributed by atoms with van der Waals surface area (Å²) >= 11 is 0. The lowest BCUT2D eigenvalue weighted by Gasteiger charge is -2.10. The molecule has 0 aromatic rings. The first-order valence-electron chi connectivity index (χ1n) is 3.80. The van der Waals surface area contributed by atoms with Crippen molar-refractivity contribution in [3.63, 3.8) is 0 Å². The number of hydrogen-bond acceptors (Lipinski definition) is 4. The molecule has 72 valence electrons. The zero-order valence-electron chi connectivity index (χ0n) is 7.03. The van der Waals surface area contributed by atoms with Crippen molar-refractivity contribution < 1.29 is 20.1 Å². The summed E-state index contributed by atoms with van der Waals surface area (Å²) in [7, 11) is 0. The van der Waals surface area contributed by atoms with Crippen LogP contribution in [0.4, 0.5) is 0 Å². The minimum Gasteiger partial charge on any atom is -0.481 e. The largest absolute Gasteiger partial charge is 0.481 e. The van der Waals surface area contributed by atoms with Gasteiger partial charge in [-0.05, 0) is 0 Å². The summed E-state index contributed by atoms with van der Waals surface area (Å²) < 4.78 is 0. The average molecular weight is 177 g/mol. The molecule has 0 heterocycles. The number of aliphatic hydroxyl groups is 2. The van der Waals surface area contributed by atoms with Gasteiger partial charge in [-0.2, -0.15) is 0 Å². The molecule has 0 aliphatic rings. The van der Waals surface area contributed by atoms with Crippen LogP contribution in [0.1, 0.15) is 6.92 Å².